The summed E-state index contributed by atoms with van der Waals surface area (Å²) < 4.78 is 10.4. The van der Waals surface area contributed by atoms with Crippen LogP contribution in [0, 0.1) is 11.8 Å². The van der Waals surface area contributed by atoms with Crippen LogP contribution in [0.15, 0.2) is 24.3 Å². The molecule has 0 radical (unpaired) electrons. The quantitative estimate of drug-likeness (QED) is 0.516. The van der Waals surface area contributed by atoms with Crippen LogP contribution in [-0.2, 0) is 9.53 Å². The van der Waals surface area contributed by atoms with Crippen molar-refractivity contribution in [1.82, 2.24) is 10.6 Å². The van der Waals surface area contributed by atoms with Gasteiger partial charge in [0.15, 0.2) is 5.78 Å². The van der Waals surface area contributed by atoms with Crippen molar-refractivity contribution in [3.05, 3.63) is 29.8 Å². The molecule has 1 fully saturated rings. The second kappa shape index (κ2) is 12.5. The lowest BCUT2D eigenvalue weighted by atomic mass is 9.82. The molecule has 1 aromatic carbocycles. The smallest absolute Gasteiger partial charge is 0.407 e. The van der Waals surface area contributed by atoms with Crippen LogP contribution < -0.4 is 15.4 Å². The number of Topliss-reactive ketones (excluding diaryl/α,β-unsaturated/α-hetero) is 1. The van der Waals surface area contributed by atoms with Crippen molar-refractivity contribution < 1.29 is 23.9 Å². The zero-order valence-electron chi connectivity index (χ0n) is 19.9. The summed E-state index contributed by atoms with van der Waals surface area (Å²) in [5.74, 6) is 1.69. The van der Waals surface area contributed by atoms with Crippen molar-refractivity contribution in [3.63, 3.8) is 0 Å². The zero-order valence-corrected chi connectivity index (χ0v) is 19.9. The van der Waals surface area contributed by atoms with E-state index in [4.69, 9.17) is 9.47 Å². The second-order valence-electron chi connectivity index (χ2n) is 9.58. The summed E-state index contributed by atoms with van der Waals surface area (Å²) in [6.07, 6.45) is 5.04. The molecule has 1 aliphatic rings. The Kier molecular flexibility index (Phi) is 10.0. The molecule has 7 nitrogen and oxygen atoms in total. The van der Waals surface area contributed by atoms with Crippen molar-refractivity contribution >= 4 is 17.8 Å². The zero-order chi connectivity index (χ0) is 23.6. The summed E-state index contributed by atoms with van der Waals surface area (Å²) >= 11 is 0. The Bertz CT molecular complexity index is 747. The van der Waals surface area contributed by atoms with Gasteiger partial charge in [-0.05, 0) is 89.0 Å². The molecule has 1 aliphatic carbocycles. The van der Waals surface area contributed by atoms with Gasteiger partial charge in [-0.25, -0.2) is 4.79 Å². The predicted octanol–water partition coefficient (Wildman–Crippen LogP) is 4.50. The first-order valence-electron chi connectivity index (χ1n) is 11.6. The van der Waals surface area contributed by atoms with E-state index in [1.165, 1.54) is 0 Å². The molecule has 0 unspecified atom stereocenters. The molecule has 7 heteroatoms. The van der Waals surface area contributed by atoms with Crippen LogP contribution in [0.4, 0.5) is 4.79 Å². The third kappa shape index (κ3) is 9.71. The average Bonchev–Trinajstić information content (AvgIpc) is 2.76. The Hall–Kier alpha value is -2.57. The van der Waals surface area contributed by atoms with Crippen LogP contribution in [0.1, 0.15) is 76.1 Å². The first kappa shape index (κ1) is 25.7. The fourth-order valence-corrected chi connectivity index (χ4v) is 3.86. The standard InChI is InChI=1S/C25H38N2O5/c1-25(2,3)32-24(30)27-17-19-10-8-18(9-11-19)16-26-23(29)7-5-6-22(28)20-12-14-21(31-4)15-13-20/h12-15,18-19H,5-11,16-17H2,1-4H3,(H,26,29)(H,27,30). The summed E-state index contributed by atoms with van der Waals surface area (Å²) in [5.41, 5.74) is 0.159. The van der Waals surface area contributed by atoms with Crippen molar-refractivity contribution in [3.8, 4) is 5.75 Å². The van der Waals surface area contributed by atoms with Gasteiger partial charge in [-0.1, -0.05) is 0 Å². The SMILES string of the molecule is COc1ccc(C(=O)CCCC(=O)NCC2CCC(CNC(=O)OC(C)(C)C)CC2)cc1. The fourth-order valence-electron chi connectivity index (χ4n) is 3.86. The molecular weight excluding hydrogens is 408 g/mol. The topological polar surface area (TPSA) is 93.7 Å². The van der Waals surface area contributed by atoms with Gasteiger partial charge in [-0.3, -0.25) is 9.59 Å². The monoisotopic (exact) mass is 446 g/mol. The average molecular weight is 447 g/mol. The fraction of sp³-hybridized carbons (Fsp3) is 0.640. The number of carbonyl (C=O) groups is 3. The minimum Gasteiger partial charge on any atom is -0.497 e. The van der Waals surface area contributed by atoms with E-state index >= 15 is 0 Å². The molecule has 0 spiro atoms. The molecule has 0 aromatic heterocycles. The summed E-state index contributed by atoms with van der Waals surface area (Å²) in [6, 6.07) is 7.03. The molecular formula is C25H38N2O5. The minimum atomic E-state index is -0.483. The first-order valence-corrected chi connectivity index (χ1v) is 11.6. The van der Waals surface area contributed by atoms with Crippen LogP contribution in [0.5, 0.6) is 5.75 Å². The maximum atomic E-state index is 12.2. The number of carbonyl (C=O) groups excluding carboxylic acids is 3. The van der Waals surface area contributed by atoms with Crippen LogP contribution in [-0.4, -0.2) is 43.6 Å². The van der Waals surface area contributed by atoms with Crippen LogP contribution in [0.3, 0.4) is 0 Å². The normalized spacial score (nSPS) is 18.5. The maximum Gasteiger partial charge on any atom is 0.407 e. The van der Waals surface area contributed by atoms with Crippen molar-refractivity contribution in [1.29, 1.82) is 0 Å². The number of ketones is 1. The Morgan fingerprint density at radius 1 is 0.906 bits per heavy atom. The predicted molar refractivity (Wildman–Crippen MR) is 124 cm³/mol. The number of hydrogen-bond acceptors (Lipinski definition) is 5. The summed E-state index contributed by atoms with van der Waals surface area (Å²) in [4.78, 5) is 36.1. The maximum absolute atomic E-state index is 12.2. The molecule has 1 saturated carbocycles. The lowest BCUT2D eigenvalue weighted by Gasteiger charge is -2.29. The van der Waals surface area contributed by atoms with E-state index in [2.05, 4.69) is 10.6 Å². The van der Waals surface area contributed by atoms with Gasteiger partial charge in [0.2, 0.25) is 5.91 Å². The van der Waals surface area contributed by atoms with E-state index in [1.54, 1.807) is 31.4 Å². The molecule has 0 bridgehead atoms. The Morgan fingerprint density at radius 3 is 2.00 bits per heavy atom. The third-order valence-electron chi connectivity index (χ3n) is 5.71. The van der Waals surface area contributed by atoms with E-state index in [0.29, 0.717) is 55.5 Å². The number of alkyl carbamates (subject to hydrolysis) is 1. The lowest BCUT2D eigenvalue weighted by molar-refractivity contribution is -0.121. The van der Waals surface area contributed by atoms with Crippen LogP contribution in [0.25, 0.3) is 0 Å². The Morgan fingerprint density at radius 2 is 1.47 bits per heavy atom. The largest absolute Gasteiger partial charge is 0.497 e. The third-order valence-corrected chi connectivity index (χ3v) is 5.71. The van der Waals surface area contributed by atoms with E-state index in [0.717, 1.165) is 25.7 Å². The lowest BCUT2D eigenvalue weighted by Crippen LogP contribution is -2.37. The number of hydrogen-bond donors (Lipinski definition) is 2. The Balaban J connectivity index is 1.56. The number of nitrogens with one attached hydrogen (secondary N) is 2. The molecule has 0 aliphatic heterocycles. The summed E-state index contributed by atoms with van der Waals surface area (Å²) in [7, 11) is 1.59. The molecule has 0 heterocycles. The van der Waals surface area contributed by atoms with Gasteiger partial charge in [0.1, 0.15) is 11.4 Å². The molecule has 0 atom stereocenters. The summed E-state index contributed by atoms with van der Waals surface area (Å²) in [6.45, 7) is 6.87. The number of ether oxygens (including phenoxy) is 2. The Labute approximate surface area is 191 Å². The number of methoxy groups -OCH3 is 1. The first-order chi connectivity index (χ1) is 15.2. The highest BCUT2D eigenvalue weighted by molar-refractivity contribution is 5.96. The van der Waals surface area contributed by atoms with Gasteiger partial charge < -0.3 is 20.1 Å². The number of amides is 2. The van der Waals surface area contributed by atoms with E-state index < -0.39 is 5.60 Å². The van der Waals surface area contributed by atoms with E-state index in [1.807, 2.05) is 20.8 Å². The van der Waals surface area contributed by atoms with E-state index in [-0.39, 0.29) is 17.8 Å². The highest BCUT2D eigenvalue weighted by atomic mass is 16.6. The van der Waals surface area contributed by atoms with E-state index in [9.17, 15) is 14.4 Å². The van der Waals surface area contributed by atoms with Gasteiger partial charge >= 0.3 is 6.09 Å². The summed E-state index contributed by atoms with van der Waals surface area (Å²) in [5, 5.41) is 5.87. The molecule has 2 N–H and O–H groups in total. The molecule has 0 saturated heterocycles. The second-order valence-corrected chi connectivity index (χ2v) is 9.58. The van der Waals surface area contributed by atoms with Gasteiger partial charge in [0, 0.05) is 31.5 Å². The molecule has 178 valence electrons. The minimum absolute atomic E-state index is 0.00115. The molecule has 32 heavy (non-hydrogen) atoms. The molecule has 1 aromatic rings. The van der Waals surface area contributed by atoms with Crippen molar-refractivity contribution in [2.45, 2.75) is 71.3 Å². The molecule has 2 rings (SSSR count). The van der Waals surface area contributed by atoms with Gasteiger partial charge in [0.25, 0.3) is 0 Å². The number of benzene rings is 1. The van der Waals surface area contributed by atoms with Gasteiger partial charge in [-0.2, -0.15) is 0 Å². The van der Waals surface area contributed by atoms with Crippen molar-refractivity contribution in [2.24, 2.45) is 11.8 Å². The van der Waals surface area contributed by atoms with Gasteiger partial charge in [-0.15, -0.1) is 0 Å². The van der Waals surface area contributed by atoms with Gasteiger partial charge in [0.05, 0.1) is 7.11 Å². The van der Waals surface area contributed by atoms with Crippen molar-refractivity contribution in [2.75, 3.05) is 20.2 Å². The molecule has 2 amide bonds. The number of rotatable bonds is 10. The highest BCUT2D eigenvalue weighted by Gasteiger charge is 2.23. The van der Waals surface area contributed by atoms with Crippen LogP contribution in [0.2, 0.25) is 0 Å². The van der Waals surface area contributed by atoms with Crippen LogP contribution >= 0.6 is 0 Å². The highest BCUT2D eigenvalue weighted by Crippen LogP contribution is 2.28.